The van der Waals surface area contributed by atoms with E-state index in [4.69, 9.17) is 9.47 Å². The van der Waals surface area contributed by atoms with Crippen molar-refractivity contribution in [2.75, 3.05) is 13.7 Å². The highest BCUT2D eigenvalue weighted by Gasteiger charge is 2.15. The molecule has 0 saturated heterocycles. The van der Waals surface area contributed by atoms with E-state index in [0.29, 0.717) is 12.3 Å². The van der Waals surface area contributed by atoms with Crippen molar-refractivity contribution >= 4 is 38.9 Å². The van der Waals surface area contributed by atoms with Crippen LogP contribution in [-0.2, 0) is 4.74 Å². The lowest BCUT2D eigenvalue weighted by molar-refractivity contribution is 0.0520. The lowest BCUT2D eigenvalue weighted by Crippen LogP contribution is -2.04. The number of hydrogen-bond donors (Lipinski definition) is 0. The van der Waals surface area contributed by atoms with Crippen molar-refractivity contribution < 1.29 is 14.3 Å². The summed E-state index contributed by atoms with van der Waals surface area (Å²) in [6.07, 6.45) is 0. The molecule has 21 heavy (non-hydrogen) atoms. The second-order valence-corrected chi connectivity index (χ2v) is 6.00. The number of nitrogens with zero attached hydrogens (tertiary/aromatic N) is 2. The van der Waals surface area contributed by atoms with Gasteiger partial charge in [-0.05, 0) is 25.1 Å². The van der Waals surface area contributed by atoms with Gasteiger partial charge in [-0.1, -0.05) is 0 Å². The summed E-state index contributed by atoms with van der Waals surface area (Å²) in [7, 11) is 1.63. The van der Waals surface area contributed by atoms with Gasteiger partial charge >= 0.3 is 5.97 Å². The number of fused-ring (bicyclic) bond motifs is 1. The number of rotatable bonds is 4. The predicted molar refractivity (Wildman–Crippen MR) is 83.2 cm³/mol. The second-order valence-electron chi connectivity index (χ2n) is 4.11. The zero-order valence-corrected chi connectivity index (χ0v) is 13.1. The highest BCUT2D eigenvalue weighted by molar-refractivity contribution is 7.25. The smallest absolute Gasteiger partial charge is 0.357 e. The average Bonchev–Trinajstić information content (AvgIpc) is 3.13. The number of benzene rings is 1. The molecule has 0 saturated carbocycles. The Hall–Kier alpha value is -1.99. The molecule has 0 radical (unpaired) electrons. The fourth-order valence-electron chi connectivity index (χ4n) is 1.79. The van der Waals surface area contributed by atoms with Crippen molar-refractivity contribution in [2.24, 2.45) is 0 Å². The van der Waals surface area contributed by atoms with Gasteiger partial charge in [0.1, 0.15) is 5.75 Å². The Kier molecular flexibility index (Phi) is 3.85. The number of esters is 1. The zero-order valence-electron chi connectivity index (χ0n) is 11.5. The molecule has 0 aliphatic carbocycles. The lowest BCUT2D eigenvalue weighted by atomic mass is 10.3. The molecular weight excluding hydrogens is 308 g/mol. The van der Waals surface area contributed by atoms with Gasteiger partial charge in [0.25, 0.3) is 0 Å². The van der Waals surface area contributed by atoms with Gasteiger partial charge in [0.05, 0.1) is 23.9 Å². The first-order valence-electron chi connectivity index (χ1n) is 6.29. The van der Waals surface area contributed by atoms with Gasteiger partial charge in [-0.15, -0.1) is 22.7 Å². The van der Waals surface area contributed by atoms with E-state index in [1.54, 1.807) is 19.4 Å². The normalized spacial score (nSPS) is 10.8. The molecule has 2 heterocycles. The lowest BCUT2D eigenvalue weighted by Gasteiger charge is -1.96. The van der Waals surface area contributed by atoms with Gasteiger partial charge < -0.3 is 9.47 Å². The van der Waals surface area contributed by atoms with Gasteiger partial charge in [-0.2, -0.15) is 0 Å². The van der Waals surface area contributed by atoms with Crippen molar-refractivity contribution in [3.05, 3.63) is 29.3 Å². The maximum absolute atomic E-state index is 11.6. The van der Waals surface area contributed by atoms with Crippen molar-refractivity contribution in [3.8, 4) is 15.8 Å². The minimum Gasteiger partial charge on any atom is -0.497 e. The van der Waals surface area contributed by atoms with E-state index in [0.717, 1.165) is 26.0 Å². The van der Waals surface area contributed by atoms with Crippen molar-refractivity contribution in [1.29, 1.82) is 0 Å². The Bertz CT molecular complexity index is 794. The number of ether oxygens (including phenoxy) is 2. The Morgan fingerprint density at radius 2 is 2.14 bits per heavy atom. The number of hydrogen-bond acceptors (Lipinski definition) is 7. The van der Waals surface area contributed by atoms with E-state index in [9.17, 15) is 4.79 Å². The van der Waals surface area contributed by atoms with Crippen LogP contribution in [0.15, 0.2) is 23.6 Å². The Morgan fingerprint density at radius 1 is 1.29 bits per heavy atom. The summed E-state index contributed by atoms with van der Waals surface area (Å²) in [4.78, 5) is 20.5. The molecule has 0 amide bonds. The number of carbonyl (C=O) groups is 1. The maximum Gasteiger partial charge on any atom is 0.357 e. The standard InChI is InChI=1S/C14H12N2O3S2/c1-3-19-14(17)10-7-20-12(16-10)13-15-9-5-4-8(18-2)6-11(9)21-13/h4-7H,3H2,1-2H3. The van der Waals surface area contributed by atoms with Crippen LogP contribution in [0.4, 0.5) is 0 Å². The summed E-state index contributed by atoms with van der Waals surface area (Å²) in [6.45, 7) is 2.11. The van der Waals surface area contributed by atoms with E-state index in [1.165, 1.54) is 22.7 Å². The summed E-state index contributed by atoms with van der Waals surface area (Å²) in [5.74, 6) is 0.395. The molecule has 7 heteroatoms. The average molecular weight is 320 g/mol. The second kappa shape index (κ2) is 5.79. The van der Waals surface area contributed by atoms with Gasteiger partial charge in [-0.3, -0.25) is 0 Å². The van der Waals surface area contributed by atoms with Crippen LogP contribution in [0.25, 0.3) is 20.2 Å². The molecule has 0 aliphatic rings. The minimum atomic E-state index is -0.400. The van der Waals surface area contributed by atoms with Crippen molar-refractivity contribution in [3.63, 3.8) is 0 Å². The number of aromatic nitrogens is 2. The van der Waals surface area contributed by atoms with Crippen LogP contribution in [0.1, 0.15) is 17.4 Å². The van der Waals surface area contributed by atoms with Crippen molar-refractivity contribution in [1.82, 2.24) is 9.97 Å². The minimum absolute atomic E-state index is 0.327. The Labute approximate surface area is 129 Å². The highest BCUT2D eigenvalue weighted by atomic mass is 32.1. The maximum atomic E-state index is 11.6. The van der Waals surface area contributed by atoms with Gasteiger partial charge in [0.2, 0.25) is 0 Å². The molecule has 0 aliphatic heterocycles. The largest absolute Gasteiger partial charge is 0.497 e. The quantitative estimate of drug-likeness (QED) is 0.687. The van der Waals surface area contributed by atoms with E-state index in [2.05, 4.69) is 9.97 Å². The van der Waals surface area contributed by atoms with Crippen LogP contribution < -0.4 is 4.74 Å². The third-order valence-corrected chi connectivity index (χ3v) is 4.77. The van der Waals surface area contributed by atoms with Crippen molar-refractivity contribution in [2.45, 2.75) is 6.92 Å². The summed E-state index contributed by atoms with van der Waals surface area (Å²) in [5.41, 5.74) is 1.22. The van der Waals surface area contributed by atoms with Gasteiger partial charge in [-0.25, -0.2) is 14.8 Å². The fourth-order valence-corrected chi connectivity index (χ4v) is 3.61. The molecule has 5 nitrogen and oxygen atoms in total. The SMILES string of the molecule is CCOC(=O)c1csc(-c2nc3ccc(OC)cc3s2)n1. The summed E-state index contributed by atoms with van der Waals surface area (Å²) < 4.78 is 11.2. The molecule has 0 spiro atoms. The first-order valence-corrected chi connectivity index (χ1v) is 7.98. The molecule has 0 unspecified atom stereocenters. The molecule has 0 bridgehead atoms. The monoisotopic (exact) mass is 320 g/mol. The van der Waals surface area contributed by atoms with Crippen LogP contribution in [0.3, 0.4) is 0 Å². The van der Waals surface area contributed by atoms with Crippen LogP contribution >= 0.6 is 22.7 Å². The molecule has 3 aromatic rings. The third kappa shape index (κ3) is 2.74. The summed E-state index contributed by atoms with van der Waals surface area (Å²) >= 11 is 2.91. The van der Waals surface area contributed by atoms with E-state index in [-0.39, 0.29) is 0 Å². The Morgan fingerprint density at radius 3 is 2.90 bits per heavy atom. The first kappa shape index (κ1) is 14.0. The molecular formula is C14H12N2O3S2. The number of thiazole rings is 2. The fraction of sp³-hybridized carbons (Fsp3) is 0.214. The summed E-state index contributed by atoms with van der Waals surface area (Å²) in [6, 6.07) is 5.72. The van der Waals surface area contributed by atoms with Crippen LogP contribution in [-0.4, -0.2) is 29.7 Å². The molecule has 108 valence electrons. The molecule has 0 atom stereocenters. The number of methoxy groups -OCH3 is 1. The molecule has 0 fully saturated rings. The van der Waals surface area contributed by atoms with E-state index in [1.807, 2.05) is 18.2 Å². The first-order chi connectivity index (χ1) is 10.2. The molecule has 1 aromatic carbocycles. The zero-order chi connectivity index (χ0) is 14.8. The molecule has 3 rings (SSSR count). The Balaban J connectivity index is 1.95. The summed E-state index contributed by atoms with van der Waals surface area (Å²) in [5, 5.41) is 3.21. The van der Waals surface area contributed by atoms with Crippen LogP contribution in [0, 0.1) is 0 Å². The number of carbonyl (C=O) groups excluding carboxylic acids is 1. The third-order valence-electron chi connectivity index (χ3n) is 2.77. The predicted octanol–water partition coefficient (Wildman–Crippen LogP) is 3.61. The van der Waals surface area contributed by atoms with E-state index < -0.39 is 5.97 Å². The van der Waals surface area contributed by atoms with Crippen LogP contribution in [0.5, 0.6) is 5.75 Å². The topological polar surface area (TPSA) is 61.3 Å². The van der Waals surface area contributed by atoms with Gasteiger partial charge in [0, 0.05) is 5.38 Å². The highest BCUT2D eigenvalue weighted by Crippen LogP contribution is 2.33. The molecule has 2 aromatic heterocycles. The van der Waals surface area contributed by atoms with E-state index >= 15 is 0 Å². The van der Waals surface area contributed by atoms with Crippen LogP contribution in [0.2, 0.25) is 0 Å². The van der Waals surface area contributed by atoms with Gasteiger partial charge in [0.15, 0.2) is 15.7 Å². The molecule has 0 N–H and O–H groups in total.